The van der Waals surface area contributed by atoms with Crippen molar-refractivity contribution in [3.05, 3.63) is 58.0 Å². The third kappa shape index (κ3) is 4.25. The molecule has 11 heteroatoms. The summed E-state index contributed by atoms with van der Waals surface area (Å²) in [5.41, 5.74) is 0.720. The number of aryl methyl sites for hydroxylation is 1. The summed E-state index contributed by atoms with van der Waals surface area (Å²) in [6.45, 7) is 2.42. The Balaban J connectivity index is 1.42. The molecule has 0 spiro atoms. The lowest BCUT2D eigenvalue weighted by Crippen LogP contribution is -2.53. The van der Waals surface area contributed by atoms with Gasteiger partial charge in [-0.1, -0.05) is 17.7 Å². The second-order valence-corrected chi connectivity index (χ2v) is 9.88. The van der Waals surface area contributed by atoms with Crippen LogP contribution in [-0.2, 0) is 21.9 Å². The second-order valence-electron chi connectivity index (χ2n) is 7.50. The smallest absolute Gasteiger partial charge is 0.419 e. The summed E-state index contributed by atoms with van der Waals surface area (Å²) in [5.74, 6) is -0.298. The Bertz CT molecular complexity index is 1320. The lowest BCUT2D eigenvalue weighted by Gasteiger charge is -2.35. The lowest BCUT2D eigenvalue weighted by atomic mass is 10.2. The third-order valence-electron chi connectivity index (χ3n) is 5.41. The van der Waals surface area contributed by atoms with Crippen LogP contribution in [0.15, 0.2) is 56.6 Å². The van der Waals surface area contributed by atoms with Gasteiger partial charge < -0.3 is 14.1 Å². The van der Waals surface area contributed by atoms with Gasteiger partial charge in [0, 0.05) is 44.3 Å². The van der Waals surface area contributed by atoms with E-state index in [1.165, 1.54) is 21.0 Å². The van der Waals surface area contributed by atoms with Crippen molar-refractivity contribution < 1.29 is 22.4 Å². The van der Waals surface area contributed by atoms with E-state index in [4.69, 9.17) is 20.8 Å². The van der Waals surface area contributed by atoms with Crippen molar-refractivity contribution in [2.75, 3.05) is 26.2 Å². The predicted octanol–water partition coefficient (Wildman–Crippen LogP) is 2.09. The molecule has 1 aromatic heterocycles. The molecule has 3 aromatic rings. The van der Waals surface area contributed by atoms with E-state index >= 15 is 0 Å². The number of fused-ring (bicyclic) bond motifs is 1. The summed E-state index contributed by atoms with van der Waals surface area (Å²) in [6, 6.07) is 11.1. The summed E-state index contributed by atoms with van der Waals surface area (Å²) >= 11 is 5.95. The highest BCUT2D eigenvalue weighted by Gasteiger charge is 2.32. The van der Waals surface area contributed by atoms with E-state index < -0.39 is 21.9 Å². The first-order valence-corrected chi connectivity index (χ1v) is 11.8. The molecule has 0 unspecified atom stereocenters. The van der Waals surface area contributed by atoms with Gasteiger partial charge in [-0.15, -0.1) is 0 Å². The Labute approximate surface area is 189 Å². The SMILES string of the molecule is C[C@H](Oc1cccc(Cl)c1)C(=O)N1CCN(S(=O)(=O)c2ccc3c(c2)oc(=O)n3C)CC1. The minimum Gasteiger partial charge on any atom is -0.481 e. The first kappa shape index (κ1) is 22.4. The summed E-state index contributed by atoms with van der Waals surface area (Å²) in [6.07, 6.45) is -0.736. The van der Waals surface area contributed by atoms with E-state index in [2.05, 4.69) is 0 Å². The van der Waals surface area contributed by atoms with Gasteiger partial charge in [-0.2, -0.15) is 4.31 Å². The van der Waals surface area contributed by atoms with Crippen molar-refractivity contribution in [1.29, 1.82) is 0 Å². The monoisotopic (exact) mass is 479 g/mol. The first-order valence-electron chi connectivity index (χ1n) is 9.97. The van der Waals surface area contributed by atoms with Crippen molar-refractivity contribution in [2.45, 2.75) is 17.9 Å². The molecule has 1 atom stereocenters. The summed E-state index contributed by atoms with van der Waals surface area (Å²) in [4.78, 5) is 26.0. The third-order valence-corrected chi connectivity index (χ3v) is 7.54. The number of carbonyl (C=O) groups excluding carboxylic acids is 1. The predicted molar refractivity (Wildman–Crippen MR) is 118 cm³/mol. The van der Waals surface area contributed by atoms with E-state index in [9.17, 15) is 18.0 Å². The molecule has 1 amide bonds. The van der Waals surface area contributed by atoms with Gasteiger partial charge in [0.25, 0.3) is 5.91 Å². The number of sulfonamides is 1. The number of aromatic nitrogens is 1. The van der Waals surface area contributed by atoms with Crippen LogP contribution in [0.3, 0.4) is 0 Å². The quantitative estimate of drug-likeness (QED) is 0.555. The molecule has 1 aliphatic heterocycles. The molecule has 9 nitrogen and oxygen atoms in total. The largest absolute Gasteiger partial charge is 0.481 e. The van der Waals surface area contributed by atoms with Crippen LogP contribution >= 0.6 is 11.6 Å². The highest BCUT2D eigenvalue weighted by atomic mass is 35.5. The molecule has 4 rings (SSSR count). The molecule has 0 bridgehead atoms. The maximum Gasteiger partial charge on any atom is 0.419 e. The molecule has 1 fully saturated rings. The Kier molecular flexibility index (Phi) is 6.02. The number of benzene rings is 2. The Morgan fingerprint density at radius 3 is 2.53 bits per heavy atom. The highest BCUT2D eigenvalue weighted by Crippen LogP contribution is 2.23. The molecule has 1 saturated heterocycles. The molecule has 170 valence electrons. The highest BCUT2D eigenvalue weighted by molar-refractivity contribution is 7.89. The fourth-order valence-corrected chi connectivity index (χ4v) is 5.24. The van der Waals surface area contributed by atoms with Gasteiger partial charge in [-0.3, -0.25) is 9.36 Å². The average molecular weight is 480 g/mol. The fraction of sp³-hybridized carbons (Fsp3) is 0.333. The minimum atomic E-state index is -3.80. The molecule has 2 aromatic carbocycles. The minimum absolute atomic E-state index is 0.0387. The zero-order valence-electron chi connectivity index (χ0n) is 17.5. The molecule has 2 heterocycles. The number of hydrogen-bond acceptors (Lipinski definition) is 6. The van der Waals surface area contributed by atoms with Crippen molar-refractivity contribution in [1.82, 2.24) is 13.8 Å². The van der Waals surface area contributed by atoms with Gasteiger partial charge >= 0.3 is 5.76 Å². The van der Waals surface area contributed by atoms with E-state index in [0.29, 0.717) is 16.3 Å². The number of piperazine rings is 1. The van der Waals surface area contributed by atoms with Crippen molar-refractivity contribution in [3.8, 4) is 5.75 Å². The number of hydrogen-bond donors (Lipinski definition) is 0. The Morgan fingerprint density at radius 2 is 1.84 bits per heavy atom. The fourth-order valence-electron chi connectivity index (χ4n) is 3.62. The molecule has 32 heavy (non-hydrogen) atoms. The van der Waals surface area contributed by atoms with Crippen molar-refractivity contribution in [2.24, 2.45) is 7.05 Å². The van der Waals surface area contributed by atoms with Crippen LogP contribution < -0.4 is 10.5 Å². The van der Waals surface area contributed by atoms with E-state index in [-0.39, 0.29) is 42.6 Å². The first-order chi connectivity index (χ1) is 15.2. The van der Waals surface area contributed by atoms with E-state index in [1.807, 2.05) is 0 Å². The molecule has 0 radical (unpaired) electrons. The average Bonchev–Trinajstić information content (AvgIpc) is 3.06. The van der Waals surface area contributed by atoms with Crippen LogP contribution in [-0.4, -0.2) is 60.4 Å². The summed E-state index contributed by atoms with van der Waals surface area (Å²) in [7, 11) is -2.25. The molecular formula is C21H22ClN3O6S. The molecule has 0 saturated carbocycles. The van der Waals surface area contributed by atoms with Crippen molar-refractivity contribution >= 4 is 38.6 Å². The Hall–Kier alpha value is -2.82. The summed E-state index contributed by atoms with van der Waals surface area (Å²) < 4.78 is 39.5. The normalized spacial score (nSPS) is 16.3. The number of ether oxygens (including phenoxy) is 1. The zero-order valence-corrected chi connectivity index (χ0v) is 19.1. The Morgan fingerprint density at radius 1 is 1.12 bits per heavy atom. The number of carbonyl (C=O) groups is 1. The van der Waals surface area contributed by atoms with Gasteiger partial charge in [0.15, 0.2) is 11.7 Å². The van der Waals surface area contributed by atoms with Gasteiger partial charge in [0.2, 0.25) is 10.0 Å². The second kappa shape index (κ2) is 8.61. The zero-order chi connectivity index (χ0) is 23.0. The van der Waals surface area contributed by atoms with Crippen LogP contribution in [0.5, 0.6) is 5.75 Å². The summed E-state index contributed by atoms with van der Waals surface area (Å²) in [5, 5.41) is 0.508. The number of nitrogens with zero attached hydrogens (tertiary/aromatic N) is 3. The van der Waals surface area contributed by atoms with Crippen LogP contribution in [0.1, 0.15) is 6.92 Å². The van der Waals surface area contributed by atoms with Gasteiger partial charge in [-0.05, 0) is 37.3 Å². The maximum atomic E-state index is 13.1. The number of halogens is 1. The lowest BCUT2D eigenvalue weighted by molar-refractivity contribution is -0.139. The van der Waals surface area contributed by atoms with Crippen LogP contribution in [0, 0.1) is 0 Å². The number of oxazole rings is 1. The van der Waals surface area contributed by atoms with Gasteiger partial charge in [-0.25, -0.2) is 13.2 Å². The standard InChI is InChI=1S/C21H22ClN3O6S/c1-14(30-16-5-3-4-15(22)12-16)20(26)24-8-10-25(11-9-24)32(28,29)17-6-7-18-19(13-17)31-21(27)23(18)2/h3-7,12-14H,8-11H2,1-2H3/t14-/m0/s1. The van der Waals surface area contributed by atoms with Crippen LogP contribution in [0.25, 0.3) is 11.1 Å². The molecule has 1 aliphatic rings. The van der Waals surface area contributed by atoms with E-state index in [0.717, 1.165) is 0 Å². The molecule has 0 aliphatic carbocycles. The van der Waals surface area contributed by atoms with Crippen LogP contribution in [0.2, 0.25) is 5.02 Å². The van der Waals surface area contributed by atoms with Crippen LogP contribution in [0.4, 0.5) is 0 Å². The van der Waals surface area contributed by atoms with Crippen molar-refractivity contribution in [3.63, 3.8) is 0 Å². The topological polar surface area (TPSA) is 102 Å². The van der Waals surface area contributed by atoms with Gasteiger partial charge in [0.1, 0.15) is 5.75 Å². The number of rotatable bonds is 5. The molecule has 0 N–H and O–H groups in total. The maximum absolute atomic E-state index is 13.1. The number of amides is 1. The molecular weight excluding hydrogens is 458 g/mol. The van der Waals surface area contributed by atoms with Gasteiger partial charge in [0.05, 0.1) is 10.4 Å². The van der Waals surface area contributed by atoms with E-state index in [1.54, 1.807) is 49.2 Å².